The first-order chi connectivity index (χ1) is 13.1. The zero-order chi connectivity index (χ0) is 18.8. The number of aromatic nitrogens is 2. The van der Waals surface area contributed by atoms with E-state index >= 15 is 0 Å². The lowest BCUT2D eigenvalue weighted by Gasteiger charge is -2.33. The van der Waals surface area contributed by atoms with Crippen LogP contribution in [0.5, 0.6) is 11.6 Å². The number of piperidine rings is 1. The fourth-order valence-electron chi connectivity index (χ4n) is 3.60. The number of anilines is 1. The number of amides is 1. The largest absolute Gasteiger partial charge is 0.489 e. The van der Waals surface area contributed by atoms with Gasteiger partial charge in [-0.3, -0.25) is 4.79 Å². The molecule has 7 heteroatoms. The van der Waals surface area contributed by atoms with E-state index in [9.17, 15) is 4.79 Å². The monoisotopic (exact) mass is 368 g/mol. The molecule has 1 fully saturated rings. The molecule has 27 heavy (non-hydrogen) atoms. The Hall–Kier alpha value is -2.83. The Morgan fingerprint density at radius 1 is 1.30 bits per heavy atom. The van der Waals surface area contributed by atoms with Gasteiger partial charge in [0.05, 0.1) is 30.6 Å². The molecule has 7 nitrogen and oxygen atoms in total. The highest BCUT2D eigenvalue weighted by Gasteiger charge is 2.26. The van der Waals surface area contributed by atoms with Crippen LogP contribution in [0.3, 0.4) is 0 Å². The molecule has 0 radical (unpaired) electrons. The van der Waals surface area contributed by atoms with E-state index in [2.05, 4.69) is 15.2 Å². The van der Waals surface area contributed by atoms with Crippen molar-refractivity contribution in [1.29, 1.82) is 0 Å². The molecular formula is C20H24N4O3. The summed E-state index contributed by atoms with van der Waals surface area (Å²) in [6.45, 7) is 6.83. The second-order valence-electron chi connectivity index (χ2n) is 6.88. The topological polar surface area (TPSA) is 76.6 Å². The molecule has 2 aromatic heterocycles. The second-order valence-corrected chi connectivity index (χ2v) is 6.88. The van der Waals surface area contributed by atoms with E-state index in [-0.39, 0.29) is 12.0 Å². The van der Waals surface area contributed by atoms with Crippen LogP contribution in [-0.4, -0.2) is 41.7 Å². The zero-order valence-electron chi connectivity index (χ0n) is 15.7. The van der Waals surface area contributed by atoms with Crippen molar-refractivity contribution >= 4 is 11.7 Å². The zero-order valence-corrected chi connectivity index (χ0v) is 15.7. The van der Waals surface area contributed by atoms with Crippen LogP contribution in [0.2, 0.25) is 0 Å². The van der Waals surface area contributed by atoms with Gasteiger partial charge in [0.25, 0.3) is 5.91 Å². The first kappa shape index (κ1) is 17.6. The van der Waals surface area contributed by atoms with Crippen molar-refractivity contribution < 1.29 is 14.3 Å². The van der Waals surface area contributed by atoms with E-state index in [0.717, 1.165) is 48.8 Å². The van der Waals surface area contributed by atoms with Crippen molar-refractivity contribution in [2.24, 2.45) is 0 Å². The molecule has 142 valence electrons. The van der Waals surface area contributed by atoms with Gasteiger partial charge in [0, 0.05) is 32.0 Å². The van der Waals surface area contributed by atoms with Crippen LogP contribution in [0.15, 0.2) is 24.4 Å². The molecule has 2 aromatic rings. The number of rotatable bonds is 5. The van der Waals surface area contributed by atoms with Crippen molar-refractivity contribution in [1.82, 2.24) is 15.3 Å². The molecule has 0 atom stereocenters. The van der Waals surface area contributed by atoms with Gasteiger partial charge in [-0.1, -0.05) is 0 Å². The number of fused-ring (bicyclic) bond motifs is 1. The predicted molar refractivity (Wildman–Crippen MR) is 101 cm³/mol. The number of carbonyl (C=O) groups excluding carboxylic acids is 1. The number of hydrogen-bond donors (Lipinski definition) is 1. The summed E-state index contributed by atoms with van der Waals surface area (Å²) < 4.78 is 11.4. The van der Waals surface area contributed by atoms with Gasteiger partial charge in [-0.15, -0.1) is 0 Å². The Balaban J connectivity index is 1.37. The molecular weight excluding hydrogens is 344 g/mol. The molecule has 0 spiro atoms. The maximum Gasteiger partial charge on any atom is 0.253 e. The lowest BCUT2D eigenvalue weighted by atomic mass is 10.1. The lowest BCUT2D eigenvalue weighted by molar-refractivity contribution is 0.0965. The first-order valence-corrected chi connectivity index (χ1v) is 9.43. The molecule has 2 aliphatic rings. The Morgan fingerprint density at radius 2 is 2.11 bits per heavy atom. The third-order valence-corrected chi connectivity index (χ3v) is 4.97. The molecule has 2 aliphatic heterocycles. The van der Waals surface area contributed by atoms with E-state index in [1.165, 1.54) is 0 Å². The van der Waals surface area contributed by atoms with E-state index in [4.69, 9.17) is 14.5 Å². The van der Waals surface area contributed by atoms with Crippen molar-refractivity contribution in [2.75, 3.05) is 24.6 Å². The van der Waals surface area contributed by atoms with Crippen LogP contribution in [0.25, 0.3) is 0 Å². The first-order valence-electron chi connectivity index (χ1n) is 9.43. The second kappa shape index (κ2) is 7.42. The smallest absolute Gasteiger partial charge is 0.253 e. The molecule has 0 unspecified atom stereocenters. The highest BCUT2D eigenvalue weighted by Crippen LogP contribution is 2.27. The van der Waals surface area contributed by atoms with Gasteiger partial charge in [0.1, 0.15) is 17.7 Å². The summed E-state index contributed by atoms with van der Waals surface area (Å²) in [5, 5.41) is 2.83. The van der Waals surface area contributed by atoms with Gasteiger partial charge in [0.15, 0.2) is 0 Å². The van der Waals surface area contributed by atoms with Crippen molar-refractivity contribution in [3.63, 3.8) is 0 Å². The Labute approximate surface area is 158 Å². The fourth-order valence-corrected chi connectivity index (χ4v) is 3.60. The quantitative estimate of drug-likeness (QED) is 0.874. The Bertz CT molecular complexity index is 830. The number of carbonyl (C=O) groups is 1. The third kappa shape index (κ3) is 3.67. The number of ether oxygens (including phenoxy) is 2. The van der Waals surface area contributed by atoms with Gasteiger partial charge in [0.2, 0.25) is 5.88 Å². The molecule has 1 amide bonds. The van der Waals surface area contributed by atoms with E-state index in [0.29, 0.717) is 24.6 Å². The summed E-state index contributed by atoms with van der Waals surface area (Å²) >= 11 is 0. The van der Waals surface area contributed by atoms with E-state index in [1.807, 2.05) is 32.0 Å². The summed E-state index contributed by atoms with van der Waals surface area (Å²) in [5.74, 6) is 2.34. The average molecular weight is 368 g/mol. The normalized spacial score (nSPS) is 16.8. The van der Waals surface area contributed by atoms with Crippen molar-refractivity contribution in [3.05, 3.63) is 41.2 Å². The average Bonchev–Trinajstić information content (AvgIpc) is 3.04. The van der Waals surface area contributed by atoms with Crippen LogP contribution in [-0.2, 0) is 6.54 Å². The van der Waals surface area contributed by atoms with Gasteiger partial charge in [-0.05, 0) is 31.5 Å². The number of nitrogens with zero attached hydrogens (tertiary/aromatic N) is 3. The summed E-state index contributed by atoms with van der Waals surface area (Å²) in [6, 6.07) is 5.69. The van der Waals surface area contributed by atoms with Crippen LogP contribution in [0.4, 0.5) is 5.82 Å². The molecule has 0 saturated carbocycles. The molecule has 1 saturated heterocycles. The minimum atomic E-state index is -0.0248. The number of nitrogens with one attached hydrogen (secondary N) is 1. The van der Waals surface area contributed by atoms with E-state index < -0.39 is 0 Å². The van der Waals surface area contributed by atoms with Gasteiger partial charge >= 0.3 is 0 Å². The Morgan fingerprint density at radius 3 is 2.81 bits per heavy atom. The minimum Gasteiger partial charge on any atom is -0.489 e. The van der Waals surface area contributed by atoms with Gasteiger partial charge in [-0.25, -0.2) is 9.97 Å². The number of pyridine rings is 2. The van der Waals surface area contributed by atoms with Gasteiger partial charge in [-0.2, -0.15) is 0 Å². The highest BCUT2D eigenvalue weighted by atomic mass is 16.5. The standard InChI is InChI=1S/C20H24N4O3/c1-3-26-18-5-4-15(11-21-18)27-14-6-8-24(9-7-14)19-13(2)10-16-17(23-19)12-22-20(16)25/h4-5,10-11,14H,3,6-9,12H2,1-2H3,(H,22,25). The van der Waals surface area contributed by atoms with Crippen molar-refractivity contribution in [2.45, 2.75) is 39.3 Å². The molecule has 0 aromatic carbocycles. The van der Waals surface area contributed by atoms with E-state index in [1.54, 1.807) is 6.20 Å². The molecule has 0 aliphatic carbocycles. The highest BCUT2D eigenvalue weighted by molar-refractivity contribution is 5.98. The lowest BCUT2D eigenvalue weighted by Crippen LogP contribution is -2.39. The summed E-state index contributed by atoms with van der Waals surface area (Å²) in [5.41, 5.74) is 2.60. The SMILES string of the molecule is CCOc1ccc(OC2CCN(c3nc4c(cc3C)C(=O)NC4)CC2)cn1. The third-order valence-electron chi connectivity index (χ3n) is 4.97. The summed E-state index contributed by atoms with van der Waals surface area (Å²) in [4.78, 5) is 23.1. The Kier molecular flexibility index (Phi) is 4.83. The molecule has 4 rings (SSSR count). The van der Waals surface area contributed by atoms with Crippen LogP contribution in [0.1, 0.15) is 41.4 Å². The molecule has 1 N–H and O–H groups in total. The minimum absolute atomic E-state index is 0.0248. The summed E-state index contributed by atoms with van der Waals surface area (Å²) in [7, 11) is 0. The predicted octanol–water partition coefficient (Wildman–Crippen LogP) is 2.47. The van der Waals surface area contributed by atoms with Crippen LogP contribution >= 0.6 is 0 Å². The number of hydrogen-bond acceptors (Lipinski definition) is 6. The number of aryl methyl sites for hydroxylation is 1. The molecule has 4 heterocycles. The summed E-state index contributed by atoms with van der Waals surface area (Å²) in [6.07, 6.45) is 3.72. The molecule has 0 bridgehead atoms. The maximum atomic E-state index is 11.8. The fraction of sp³-hybridized carbons (Fsp3) is 0.450. The van der Waals surface area contributed by atoms with Crippen molar-refractivity contribution in [3.8, 4) is 11.6 Å². The van der Waals surface area contributed by atoms with Crippen LogP contribution < -0.4 is 19.7 Å². The van der Waals surface area contributed by atoms with Gasteiger partial charge < -0.3 is 19.7 Å². The maximum absolute atomic E-state index is 11.8. The van der Waals surface area contributed by atoms with Crippen LogP contribution in [0, 0.1) is 6.92 Å².